The molecule has 0 heterocycles. The van der Waals surface area contributed by atoms with Gasteiger partial charge in [-0.25, -0.2) is 21.1 Å². The zero-order chi connectivity index (χ0) is 28.6. The molecule has 0 saturated carbocycles. The van der Waals surface area contributed by atoms with Crippen molar-refractivity contribution >= 4 is 31.2 Å². The van der Waals surface area contributed by atoms with Gasteiger partial charge in [-0.2, -0.15) is 26.3 Å². The molecule has 0 fully saturated rings. The summed E-state index contributed by atoms with van der Waals surface area (Å²) >= 11 is 0. The number of hydrogen-bond acceptors (Lipinski definition) is 4. The third-order valence-electron chi connectivity index (χ3n) is 5.57. The second kappa shape index (κ2) is 10.0. The number of nitrogens with zero attached hydrogens (tertiary/aromatic N) is 1. The predicted octanol–water partition coefficient (Wildman–Crippen LogP) is 7.08. The Kier molecular flexibility index (Phi) is 7.25. The van der Waals surface area contributed by atoms with Gasteiger partial charge in [-0.15, -0.1) is 0 Å². The van der Waals surface area contributed by atoms with E-state index < -0.39 is 53.1 Å². The number of sulfonamides is 1. The van der Waals surface area contributed by atoms with Gasteiger partial charge in [-0.3, -0.25) is 0 Å². The van der Waals surface area contributed by atoms with E-state index in [9.17, 15) is 43.2 Å². The maximum Gasteiger partial charge on any atom is 0.416 e. The van der Waals surface area contributed by atoms with Crippen molar-refractivity contribution < 1.29 is 43.2 Å². The van der Waals surface area contributed by atoms with E-state index in [4.69, 9.17) is 0 Å². The van der Waals surface area contributed by atoms with Crippen molar-refractivity contribution in [2.75, 3.05) is 4.31 Å². The van der Waals surface area contributed by atoms with Crippen molar-refractivity contribution in [3.8, 4) is 0 Å². The fraction of sp³-hybridized carbons (Fsp3) is 0.0769. The van der Waals surface area contributed by atoms with Crippen LogP contribution in [0.5, 0.6) is 0 Å². The van der Waals surface area contributed by atoms with Gasteiger partial charge in [0.1, 0.15) is 4.90 Å². The molecule has 204 valence electrons. The van der Waals surface area contributed by atoms with Crippen molar-refractivity contribution in [1.82, 2.24) is 0 Å². The van der Waals surface area contributed by atoms with E-state index in [0.717, 1.165) is 36.4 Å². The van der Waals surface area contributed by atoms with E-state index in [1.807, 2.05) is 0 Å². The average Bonchev–Trinajstić information content (AvgIpc) is 2.89. The molecule has 4 aromatic carbocycles. The summed E-state index contributed by atoms with van der Waals surface area (Å²) in [6.45, 7) is 0. The summed E-state index contributed by atoms with van der Waals surface area (Å²) in [5.74, 6) is 0. The average molecular weight is 586 g/mol. The molecule has 4 aromatic rings. The van der Waals surface area contributed by atoms with Crippen LogP contribution in [-0.4, -0.2) is 16.8 Å². The van der Waals surface area contributed by atoms with E-state index in [1.165, 1.54) is 36.4 Å². The van der Waals surface area contributed by atoms with Crippen LogP contribution < -0.4 is 4.31 Å². The lowest BCUT2D eigenvalue weighted by atomic mass is 10.1. The Hall–Kier alpha value is -3.84. The Morgan fingerprint density at radius 1 is 0.487 bits per heavy atom. The van der Waals surface area contributed by atoms with Crippen LogP contribution in [0.3, 0.4) is 0 Å². The van der Waals surface area contributed by atoms with Crippen LogP contribution in [0.25, 0.3) is 0 Å². The molecule has 0 radical (unpaired) electrons. The molecule has 0 atom stereocenters. The van der Waals surface area contributed by atoms with Crippen LogP contribution in [0, 0.1) is 0 Å². The SMILES string of the molecule is O=S(=O)(c1ccccc1)c1ccccc1S(=O)(=O)N(c1ccc(C(F)(F)F)cc1)c1ccc(C(F)(F)F)cc1. The van der Waals surface area contributed by atoms with Gasteiger partial charge in [-0.05, 0) is 72.8 Å². The fourth-order valence-corrected chi connectivity index (χ4v) is 7.28. The van der Waals surface area contributed by atoms with Crippen LogP contribution in [0.1, 0.15) is 11.1 Å². The van der Waals surface area contributed by atoms with Gasteiger partial charge in [0.15, 0.2) is 0 Å². The number of hydrogen-bond donors (Lipinski definition) is 0. The summed E-state index contributed by atoms with van der Waals surface area (Å²) in [7, 11) is -9.34. The molecule has 0 aliphatic heterocycles. The first-order valence-corrected chi connectivity index (χ1v) is 13.8. The molecule has 0 unspecified atom stereocenters. The number of anilines is 2. The molecule has 0 N–H and O–H groups in total. The number of rotatable bonds is 6. The Balaban J connectivity index is 1.94. The van der Waals surface area contributed by atoms with E-state index >= 15 is 0 Å². The van der Waals surface area contributed by atoms with Crippen LogP contribution in [-0.2, 0) is 32.2 Å². The van der Waals surface area contributed by atoms with Gasteiger partial charge in [0.05, 0.1) is 32.3 Å². The molecular formula is C26H17F6NO4S2. The van der Waals surface area contributed by atoms with Crippen molar-refractivity contribution in [3.05, 3.63) is 114 Å². The summed E-state index contributed by atoms with van der Waals surface area (Å²) in [4.78, 5) is -1.57. The smallest absolute Gasteiger partial charge is 0.234 e. The van der Waals surface area contributed by atoms with Crippen LogP contribution in [0.2, 0.25) is 0 Å². The number of halogens is 6. The molecule has 0 bridgehead atoms. The second-order valence-electron chi connectivity index (χ2n) is 8.12. The molecule has 39 heavy (non-hydrogen) atoms. The minimum absolute atomic E-state index is 0.219. The Morgan fingerprint density at radius 3 is 1.28 bits per heavy atom. The molecule has 0 amide bonds. The molecule has 5 nitrogen and oxygen atoms in total. The summed E-state index contributed by atoms with van der Waals surface area (Å²) in [6, 6.07) is 17.2. The number of alkyl halides is 6. The van der Waals surface area contributed by atoms with E-state index in [2.05, 4.69) is 0 Å². The number of sulfone groups is 1. The molecule has 0 aliphatic rings. The highest BCUT2D eigenvalue weighted by Gasteiger charge is 2.36. The van der Waals surface area contributed by atoms with Gasteiger partial charge in [-0.1, -0.05) is 30.3 Å². The standard InChI is InChI=1S/C26H17F6NO4S2/c27-25(28,29)18-10-14-20(15-11-18)33(21-16-12-19(13-17-21)26(30,31)32)39(36,37)24-9-5-4-8-23(24)38(34,35)22-6-2-1-3-7-22/h1-17H. The minimum atomic E-state index is -4.93. The van der Waals surface area contributed by atoms with Gasteiger partial charge in [0.2, 0.25) is 9.84 Å². The van der Waals surface area contributed by atoms with Gasteiger partial charge < -0.3 is 0 Å². The first kappa shape index (κ1) is 28.2. The lowest BCUT2D eigenvalue weighted by Gasteiger charge is -2.26. The largest absolute Gasteiger partial charge is 0.416 e. The number of benzene rings is 4. The third kappa shape index (κ3) is 5.64. The topological polar surface area (TPSA) is 71.5 Å². The fourth-order valence-electron chi connectivity index (χ4n) is 3.71. The first-order chi connectivity index (χ1) is 18.1. The Morgan fingerprint density at radius 2 is 0.872 bits per heavy atom. The van der Waals surface area contributed by atoms with E-state index in [1.54, 1.807) is 6.07 Å². The molecule has 13 heteroatoms. The first-order valence-electron chi connectivity index (χ1n) is 10.9. The summed E-state index contributed by atoms with van der Waals surface area (Å²) in [6.07, 6.45) is -9.49. The molecular weight excluding hydrogens is 568 g/mol. The van der Waals surface area contributed by atoms with Gasteiger partial charge in [0, 0.05) is 0 Å². The monoisotopic (exact) mass is 585 g/mol. The Bertz CT molecular complexity index is 1630. The van der Waals surface area contributed by atoms with Crippen LogP contribution in [0.15, 0.2) is 118 Å². The van der Waals surface area contributed by atoms with E-state index in [-0.39, 0.29) is 16.3 Å². The van der Waals surface area contributed by atoms with Crippen LogP contribution in [0.4, 0.5) is 37.7 Å². The van der Waals surface area contributed by atoms with Crippen molar-refractivity contribution in [1.29, 1.82) is 0 Å². The molecule has 0 saturated heterocycles. The Labute approximate surface area is 219 Å². The maximum absolute atomic E-state index is 14.0. The molecule has 4 rings (SSSR count). The highest BCUT2D eigenvalue weighted by molar-refractivity contribution is 7.95. The van der Waals surface area contributed by atoms with Crippen molar-refractivity contribution in [2.45, 2.75) is 27.0 Å². The second-order valence-corrected chi connectivity index (χ2v) is 11.8. The van der Waals surface area contributed by atoms with Gasteiger partial charge in [0.25, 0.3) is 10.0 Å². The zero-order valence-corrected chi connectivity index (χ0v) is 21.1. The lowest BCUT2D eigenvalue weighted by molar-refractivity contribution is -0.138. The van der Waals surface area contributed by atoms with E-state index in [0.29, 0.717) is 28.6 Å². The third-order valence-corrected chi connectivity index (χ3v) is 9.34. The molecule has 0 spiro atoms. The summed E-state index contributed by atoms with van der Waals surface area (Å²) in [5.41, 5.74) is -2.92. The molecule has 0 aliphatic carbocycles. The minimum Gasteiger partial charge on any atom is -0.234 e. The lowest BCUT2D eigenvalue weighted by Crippen LogP contribution is -2.28. The highest BCUT2D eigenvalue weighted by atomic mass is 32.2. The predicted molar refractivity (Wildman–Crippen MR) is 131 cm³/mol. The molecule has 0 aromatic heterocycles. The summed E-state index contributed by atoms with van der Waals surface area (Å²) < 4.78 is 134. The van der Waals surface area contributed by atoms with Gasteiger partial charge >= 0.3 is 12.4 Å². The summed E-state index contributed by atoms with van der Waals surface area (Å²) in [5, 5.41) is 0. The quantitative estimate of drug-likeness (QED) is 0.227. The maximum atomic E-state index is 14.0. The highest BCUT2D eigenvalue weighted by Crippen LogP contribution is 2.39. The van der Waals surface area contributed by atoms with Crippen molar-refractivity contribution in [2.24, 2.45) is 0 Å². The zero-order valence-electron chi connectivity index (χ0n) is 19.5. The van der Waals surface area contributed by atoms with Crippen molar-refractivity contribution in [3.63, 3.8) is 0 Å². The van der Waals surface area contributed by atoms with Crippen LogP contribution >= 0.6 is 0 Å². The normalized spacial score (nSPS) is 12.8.